The lowest BCUT2D eigenvalue weighted by atomic mass is 10.1. The van der Waals surface area contributed by atoms with Crippen molar-refractivity contribution >= 4 is 23.0 Å². The van der Waals surface area contributed by atoms with Crippen molar-refractivity contribution in [2.24, 2.45) is 0 Å². The highest BCUT2D eigenvalue weighted by atomic mass is 32.1. The Kier molecular flexibility index (Phi) is 7.21. The molecule has 140 valence electrons. The van der Waals surface area contributed by atoms with Crippen LogP contribution in [0.15, 0.2) is 30.3 Å². The monoisotopic (exact) mass is 375 g/mol. The maximum absolute atomic E-state index is 12.3. The summed E-state index contributed by atoms with van der Waals surface area (Å²) in [5.74, 6) is 1.47. The van der Waals surface area contributed by atoms with E-state index in [0.717, 1.165) is 26.8 Å². The van der Waals surface area contributed by atoms with Crippen LogP contribution in [0.1, 0.15) is 33.0 Å². The average molecular weight is 375 g/mol. The summed E-state index contributed by atoms with van der Waals surface area (Å²) >= 11 is 1.61. The smallest absolute Gasteiger partial charge is 0.222 e. The lowest BCUT2D eigenvalue weighted by Crippen LogP contribution is -2.31. The van der Waals surface area contributed by atoms with Crippen molar-refractivity contribution in [3.63, 3.8) is 0 Å². The number of hydrogen-bond acceptors (Lipinski definition) is 5. The fourth-order valence-corrected chi connectivity index (χ4v) is 3.49. The van der Waals surface area contributed by atoms with Crippen LogP contribution in [0.2, 0.25) is 0 Å². The number of methoxy groups -OCH3 is 1. The zero-order valence-corrected chi connectivity index (χ0v) is 16.5. The number of amides is 1. The first-order valence-electron chi connectivity index (χ1n) is 8.51. The van der Waals surface area contributed by atoms with E-state index < -0.39 is 0 Å². The van der Waals surface area contributed by atoms with Crippen molar-refractivity contribution in [1.29, 1.82) is 0 Å². The van der Waals surface area contributed by atoms with Gasteiger partial charge >= 0.3 is 0 Å². The molecule has 1 aromatic heterocycles. The molecule has 1 amide bonds. The van der Waals surface area contributed by atoms with Crippen molar-refractivity contribution in [3.05, 3.63) is 45.6 Å². The number of rotatable bonds is 9. The lowest BCUT2D eigenvalue weighted by molar-refractivity contribution is -0.130. The van der Waals surface area contributed by atoms with E-state index in [0.29, 0.717) is 13.2 Å². The Morgan fingerprint density at radius 2 is 1.73 bits per heavy atom. The van der Waals surface area contributed by atoms with Crippen LogP contribution in [0.5, 0.6) is 11.5 Å². The number of likely N-dealkylation sites (N-methyl/N-ethyl adjacent to an activating group) is 1. The number of hydrogen-bond donors (Lipinski definition) is 0. The molecule has 5 nitrogen and oxygen atoms in total. The minimum absolute atomic E-state index is 0.0306. The first-order chi connectivity index (χ1) is 12.4. The molecule has 0 aliphatic carbocycles. The minimum Gasteiger partial charge on any atom is -0.497 e. The fraction of sp³-hybridized carbons (Fsp3) is 0.400. The van der Waals surface area contributed by atoms with Crippen molar-refractivity contribution < 1.29 is 19.1 Å². The van der Waals surface area contributed by atoms with Crippen molar-refractivity contribution in [3.8, 4) is 11.5 Å². The van der Waals surface area contributed by atoms with Crippen LogP contribution in [-0.2, 0) is 4.79 Å². The van der Waals surface area contributed by atoms with Gasteiger partial charge < -0.3 is 14.4 Å². The highest BCUT2D eigenvalue weighted by Crippen LogP contribution is 2.22. The predicted octanol–water partition coefficient (Wildman–Crippen LogP) is 3.87. The molecule has 2 aromatic rings. The molecule has 0 unspecified atom stereocenters. The third kappa shape index (κ3) is 5.59. The Morgan fingerprint density at radius 3 is 2.31 bits per heavy atom. The van der Waals surface area contributed by atoms with Crippen LogP contribution in [-0.4, -0.2) is 43.9 Å². The van der Waals surface area contributed by atoms with Gasteiger partial charge in [-0.1, -0.05) is 0 Å². The number of nitrogens with zero attached hydrogens (tertiary/aromatic N) is 1. The summed E-state index contributed by atoms with van der Waals surface area (Å²) < 4.78 is 10.7. The number of ether oxygens (including phenoxy) is 2. The van der Waals surface area contributed by atoms with Gasteiger partial charge in [0.15, 0.2) is 5.78 Å². The van der Waals surface area contributed by atoms with Gasteiger partial charge in [0.2, 0.25) is 5.91 Å². The van der Waals surface area contributed by atoms with Crippen molar-refractivity contribution in [2.45, 2.75) is 26.7 Å². The molecule has 2 rings (SSSR count). The Hall–Kier alpha value is -2.34. The van der Waals surface area contributed by atoms with Crippen LogP contribution >= 0.6 is 11.3 Å². The largest absolute Gasteiger partial charge is 0.497 e. The zero-order valence-electron chi connectivity index (χ0n) is 15.7. The van der Waals surface area contributed by atoms with Crippen LogP contribution in [0.25, 0.3) is 0 Å². The van der Waals surface area contributed by atoms with Gasteiger partial charge in [0.05, 0.1) is 13.7 Å². The maximum Gasteiger partial charge on any atom is 0.222 e. The van der Waals surface area contributed by atoms with Gasteiger partial charge in [-0.25, -0.2) is 0 Å². The molecule has 0 saturated heterocycles. The molecule has 0 fully saturated rings. The average Bonchev–Trinajstić information content (AvgIpc) is 2.98. The lowest BCUT2D eigenvalue weighted by Gasteiger charge is -2.17. The van der Waals surface area contributed by atoms with E-state index in [1.165, 1.54) is 0 Å². The molecule has 6 heteroatoms. The minimum atomic E-state index is -0.0544. The summed E-state index contributed by atoms with van der Waals surface area (Å²) in [4.78, 5) is 28.2. The second kappa shape index (κ2) is 9.38. The van der Waals surface area contributed by atoms with Crippen LogP contribution in [0.3, 0.4) is 0 Å². The van der Waals surface area contributed by atoms with Crippen molar-refractivity contribution in [1.82, 2.24) is 4.90 Å². The molecule has 0 atom stereocenters. The van der Waals surface area contributed by atoms with E-state index in [9.17, 15) is 9.59 Å². The number of Topliss-reactive ketones (excluding diaryl/α,β-unsaturated/α-hetero) is 1. The third-order valence-electron chi connectivity index (χ3n) is 4.09. The molecular formula is C20H25NO4S. The van der Waals surface area contributed by atoms with E-state index in [1.807, 2.05) is 44.2 Å². The van der Waals surface area contributed by atoms with Crippen LogP contribution in [0, 0.1) is 13.8 Å². The van der Waals surface area contributed by atoms with Gasteiger partial charge in [0, 0.05) is 35.2 Å². The summed E-state index contributed by atoms with van der Waals surface area (Å²) in [5.41, 5.74) is 0.741. The Morgan fingerprint density at radius 1 is 1.08 bits per heavy atom. The second-order valence-corrected chi connectivity index (χ2v) is 7.55. The number of thiophene rings is 1. The summed E-state index contributed by atoms with van der Waals surface area (Å²) in [6.07, 6.45) is 0.450. The fourth-order valence-electron chi connectivity index (χ4n) is 2.55. The van der Waals surface area contributed by atoms with E-state index >= 15 is 0 Å². The van der Waals surface area contributed by atoms with Gasteiger partial charge in [-0.15, -0.1) is 11.3 Å². The topological polar surface area (TPSA) is 55.8 Å². The Balaban J connectivity index is 1.73. The highest BCUT2D eigenvalue weighted by Gasteiger charge is 2.15. The molecule has 0 radical (unpaired) electrons. The molecule has 0 aliphatic heterocycles. The zero-order chi connectivity index (χ0) is 19.1. The quantitative estimate of drug-likeness (QED) is 0.624. The summed E-state index contributed by atoms with van der Waals surface area (Å²) in [5, 5.41) is 0. The van der Waals surface area contributed by atoms with Gasteiger partial charge in [0.25, 0.3) is 0 Å². The van der Waals surface area contributed by atoms with Gasteiger partial charge in [-0.2, -0.15) is 0 Å². The second-order valence-electron chi connectivity index (χ2n) is 6.09. The highest BCUT2D eigenvalue weighted by molar-refractivity contribution is 7.12. The SMILES string of the molecule is COc1ccc(OCCN(C)C(=O)CCC(=O)c2cc(C)sc2C)cc1. The number of benzene rings is 1. The predicted molar refractivity (Wildman–Crippen MR) is 103 cm³/mol. The van der Waals surface area contributed by atoms with Crippen molar-refractivity contribution in [2.75, 3.05) is 27.3 Å². The molecule has 1 heterocycles. The third-order valence-corrected chi connectivity index (χ3v) is 5.05. The molecule has 0 N–H and O–H groups in total. The van der Waals surface area contributed by atoms with E-state index in [4.69, 9.17) is 9.47 Å². The number of ketones is 1. The van der Waals surface area contributed by atoms with Gasteiger partial charge in [-0.3, -0.25) is 9.59 Å². The maximum atomic E-state index is 12.3. The summed E-state index contributed by atoms with van der Waals surface area (Å²) in [6, 6.07) is 9.20. The molecule has 1 aromatic carbocycles. The molecule has 0 aliphatic rings. The normalized spacial score (nSPS) is 10.5. The standard InChI is InChI=1S/C20H25NO4S/c1-14-13-18(15(2)26-14)19(22)9-10-20(23)21(3)11-12-25-17-7-5-16(24-4)6-8-17/h5-8,13H,9-12H2,1-4H3. The Bertz CT molecular complexity index is 752. The number of carbonyl (C=O) groups is 2. The number of aryl methyl sites for hydroxylation is 2. The molecule has 26 heavy (non-hydrogen) atoms. The van der Waals surface area contributed by atoms with Gasteiger partial charge in [0.1, 0.15) is 18.1 Å². The van der Waals surface area contributed by atoms with E-state index in [2.05, 4.69) is 0 Å². The summed E-state index contributed by atoms with van der Waals surface area (Å²) in [7, 11) is 3.34. The first-order valence-corrected chi connectivity index (χ1v) is 9.33. The van der Waals surface area contributed by atoms with Crippen LogP contribution < -0.4 is 9.47 Å². The number of carbonyl (C=O) groups excluding carboxylic acids is 2. The first kappa shape index (κ1) is 20.0. The van der Waals surface area contributed by atoms with E-state index in [1.54, 1.807) is 30.4 Å². The Labute approximate surface area is 158 Å². The van der Waals surface area contributed by atoms with Crippen LogP contribution in [0.4, 0.5) is 0 Å². The molecule has 0 bridgehead atoms. The summed E-state index contributed by atoms with van der Waals surface area (Å²) in [6.45, 7) is 4.78. The molecular weight excluding hydrogens is 350 g/mol. The molecule has 0 spiro atoms. The molecule has 0 saturated carbocycles. The van der Waals surface area contributed by atoms with Gasteiger partial charge in [-0.05, 0) is 44.2 Å². The van der Waals surface area contributed by atoms with E-state index in [-0.39, 0.29) is 24.5 Å².